The van der Waals surface area contributed by atoms with E-state index < -0.39 is 23.6 Å². The number of benzene rings is 1. The van der Waals surface area contributed by atoms with E-state index in [0.717, 1.165) is 22.8 Å². The fraction of sp³-hybridized carbons (Fsp3) is 0.207. The van der Waals surface area contributed by atoms with Crippen molar-refractivity contribution in [3.05, 3.63) is 81.5 Å². The number of nitrogens with one attached hydrogen (secondary N) is 1. The normalized spacial score (nSPS) is 14.3. The van der Waals surface area contributed by atoms with Crippen LogP contribution in [0.5, 0.6) is 11.8 Å². The highest BCUT2D eigenvalue weighted by atomic mass is 35.5. The molecule has 1 atom stereocenters. The first-order valence-corrected chi connectivity index (χ1v) is 12.7. The number of aromatic nitrogens is 3. The van der Waals surface area contributed by atoms with E-state index in [-0.39, 0.29) is 23.6 Å². The molecule has 1 aromatic carbocycles. The lowest BCUT2D eigenvalue weighted by atomic mass is 9.98. The molecule has 12 heteroatoms. The van der Waals surface area contributed by atoms with E-state index in [2.05, 4.69) is 20.3 Å². The van der Waals surface area contributed by atoms with Crippen molar-refractivity contribution >= 4 is 30.0 Å². The Kier molecular flexibility index (Phi) is 7.63. The van der Waals surface area contributed by atoms with E-state index in [4.69, 9.17) is 21.1 Å². The van der Waals surface area contributed by atoms with Crippen LogP contribution < -0.4 is 14.8 Å². The van der Waals surface area contributed by atoms with Gasteiger partial charge in [-0.25, -0.2) is 4.98 Å². The van der Waals surface area contributed by atoms with Gasteiger partial charge in [-0.3, -0.25) is 14.6 Å². The molecule has 41 heavy (non-hydrogen) atoms. The molecule has 0 saturated carbocycles. The quantitative estimate of drug-likeness (QED) is 0.231. The van der Waals surface area contributed by atoms with Gasteiger partial charge in [-0.05, 0) is 48.2 Å². The predicted molar refractivity (Wildman–Crippen MR) is 146 cm³/mol. The lowest BCUT2D eigenvalue weighted by Gasteiger charge is -2.20. The lowest BCUT2D eigenvalue weighted by Crippen LogP contribution is -2.16. The minimum absolute atomic E-state index is 0.158. The summed E-state index contributed by atoms with van der Waals surface area (Å²) in [6.07, 6.45) is -1.23. The summed E-state index contributed by atoms with van der Waals surface area (Å²) in [7, 11) is 2.65. The third kappa shape index (κ3) is 5.20. The molecule has 0 bridgehead atoms. The summed E-state index contributed by atoms with van der Waals surface area (Å²) in [5.74, 6) is -0.479. The summed E-state index contributed by atoms with van der Waals surface area (Å²) in [4.78, 5) is 35.5. The average molecular weight is 583 g/mol. The highest BCUT2D eigenvalue weighted by molar-refractivity contribution is 6.35. The van der Waals surface area contributed by atoms with Crippen molar-refractivity contribution < 1.29 is 32.2 Å². The van der Waals surface area contributed by atoms with Gasteiger partial charge in [0.25, 0.3) is 0 Å². The Morgan fingerprint density at radius 2 is 1.71 bits per heavy atom. The average Bonchev–Trinajstić information content (AvgIpc) is 3.39. The van der Waals surface area contributed by atoms with Gasteiger partial charge in [-0.2, -0.15) is 18.2 Å². The summed E-state index contributed by atoms with van der Waals surface area (Å²) in [6.45, 7) is 0. The van der Waals surface area contributed by atoms with Crippen molar-refractivity contribution in [2.45, 2.75) is 25.1 Å². The number of anilines is 1. The fourth-order valence-electron chi connectivity index (χ4n) is 4.96. The van der Waals surface area contributed by atoms with Crippen LogP contribution in [-0.2, 0) is 12.6 Å². The SMILES string of the molecule is COc1nc(-c2ccnc(-c3cccc4c3CC[C@@H]4Nc3nc(OC)c(C=O)cc3C(F)(F)F)c2Cl)ccc1C=O. The van der Waals surface area contributed by atoms with Crippen LogP contribution in [0.2, 0.25) is 5.02 Å². The first-order chi connectivity index (χ1) is 19.7. The van der Waals surface area contributed by atoms with Crippen molar-refractivity contribution in [3.8, 4) is 34.3 Å². The summed E-state index contributed by atoms with van der Waals surface area (Å²) >= 11 is 6.84. The van der Waals surface area contributed by atoms with Gasteiger partial charge in [-0.15, -0.1) is 0 Å². The van der Waals surface area contributed by atoms with Gasteiger partial charge in [0, 0.05) is 17.3 Å². The molecular formula is C29H22ClF3N4O4. The van der Waals surface area contributed by atoms with E-state index in [9.17, 15) is 22.8 Å². The monoisotopic (exact) mass is 582 g/mol. The molecule has 1 aliphatic carbocycles. The second-order valence-electron chi connectivity index (χ2n) is 9.14. The molecule has 4 aromatic rings. The van der Waals surface area contributed by atoms with Crippen molar-refractivity contribution in [1.82, 2.24) is 15.0 Å². The van der Waals surface area contributed by atoms with Crippen molar-refractivity contribution in [2.24, 2.45) is 0 Å². The van der Waals surface area contributed by atoms with Crippen LogP contribution >= 0.6 is 11.6 Å². The maximum absolute atomic E-state index is 13.9. The molecule has 1 aliphatic rings. The van der Waals surface area contributed by atoms with Gasteiger partial charge in [0.2, 0.25) is 11.8 Å². The van der Waals surface area contributed by atoms with Crippen LogP contribution in [0.15, 0.2) is 48.7 Å². The Morgan fingerprint density at radius 1 is 0.976 bits per heavy atom. The number of alkyl halides is 3. The Bertz CT molecular complexity index is 1660. The molecule has 0 radical (unpaired) electrons. The van der Waals surface area contributed by atoms with Gasteiger partial charge in [0.1, 0.15) is 5.82 Å². The van der Waals surface area contributed by atoms with Crippen molar-refractivity contribution in [1.29, 1.82) is 0 Å². The number of halogens is 4. The summed E-state index contributed by atoms with van der Waals surface area (Å²) in [6, 6.07) is 10.6. The number of hydrogen-bond acceptors (Lipinski definition) is 8. The molecule has 0 aliphatic heterocycles. The molecular weight excluding hydrogens is 561 g/mol. The highest BCUT2D eigenvalue weighted by Crippen LogP contribution is 2.44. The molecule has 0 unspecified atom stereocenters. The summed E-state index contributed by atoms with van der Waals surface area (Å²) < 4.78 is 51.9. The van der Waals surface area contributed by atoms with Gasteiger partial charge < -0.3 is 14.8 Å². The van der Waals surface area contributed by atoms with Crippen LogP contribution in [0.3, 0.4) is 0 Å². The number of methoxy groups -OCH3 is 2. The predicted octanol–water partition coefficient (Wildman–Crippen LogP) is 6.62. The zero-order valence-corrected chi connectivity index (χ0v) is 22.5. The number of carbonyl (C=O) groups excluding carboxylic acids is 2. The molecule has 3 aromatic heterocycles. The zero-order chi connectivity index (χ0) is 29.3. The van der Waals surface area contributed by atoms with E-state index >= 15 is 0 Å². The smallest absolute Gasteiger partial charge is 0.419 e. The third-order valence-corrected chi connectivity index (χ3v) is 7.24. The highest BCUT2D eigenvalue weighted by Gasteiger charge is 2.37. The Labute approximate surface area is 237 Å². The summed E-state index contributed by atoms with van der Waals surface area (Å²) in [5, 5.41) is 3.24. The van der Waals surface area contributed by atoms with E-state index in [1.54, 1.807) is 30.5 Å². The van der Waals surface area contributed by atoms with Crippen LogP contribution in [0.25, 0.3) is 22.5 Å². The maximum Gasteiger partial charge on any atom is 0.419 e. The molecule has 1 N–H and O–H groups in total. The molecule has 5 rings (SSSR count). The van der Waals surface area contributed by atoms with Gasteiger partial charge in [0.15, 0.2) is 12.6 Å². The van der Waals surface area contributed by atoms with Gasteiger partial charge >= 0.3 is 6.18 Å². The number of fused-ring (bicyclic) bond motifs is 1. The molecule has 8 nitrogen and oxygen atoms in total. The number of carbonyl (C=O) groups is 2. The molecule has 0 amide bonds. The van der Waals surface area contributed by atoms with Gasteiger partial charge in [-0.1, -0.05) is 29.8 Å². The minimum atomic E-state index is -4.75. The van der Waals surface area contributed by atoms with Crippen LogP contribution in [0.1, 0.15) is 49.9 Å². The number of ether oxygens (including phenoxy) is 2. The number of hydrogen-bond donors (Lipinski definition) is 1. The van der Waals surface area contributed by atoms with Crippen molar-refractivity contribution in [3.63, 3.8) is 0 Å². The van der Waals surface area contributed by atoms with E-state index in [1.807, 2.05) is 12.1 Å². The number of aldehydes is 2. The minimum Gasteiger partial charge on any atom is -0.480 e. The standard InChI is InChI=1S/C29H22ClF3N4O4/c1-40-27-15(13-38)6-8-23(36-27)20-10-11-34-25(24(20)30)19-5-3-4-18-17(19)7-9-22(18)35-26-21(29(31,32)33)12-16(14-39)28(37-26)41-2/h3-6,8,10-14,22H,7,9H2,1-2H3,(H,35,37)/t22-/m0/s1. The Hall–Kier alpha value is -4.51. The summed E-state index contributed by atoms with van der Waals surface area (Å²) in [5.41, 5.74) is 2.84. The van der Waals surface area contributed by atoms with Crippen molar-refractivity contribution in [2.75, 3.05) is 19.5 Å². The molecule has 3 heterocycles. The molecule has 0 spiro atoms. The third-order valence-electron chi connectivity index (χ3n) is 6.85. The zero-order valence-electron chi connectivity index (χ0n) is 21.8. The molecule has 0 fully saturated rings. The Balaban J connectivity index is 1.54. The molecule has 210 valence electrons. The maximum atomic E-state index is 13.9. The van der Waals surface area contributed by atoms with Crippen LogP contribution in [-0.4, -0.2) is 41.7 Å². The largest absolute Gasteiger partial charge is 0.480 e. The van der Waals surface area contributed by atoms with E-state index in [0.29, 0.717) is 46.7 Å². The van der Waals surface area contributed by atoms with E-state index in [1.165, 1.54) is 14.2 Å². The first-order valence-electron chi connectivity index (χ1n) is 12.3. The second-order valence-corrected chi connectivity index (χ2v) is 9.52. The molecule has 0 saturated heterocycles. The second kappa shape index (κ2) is 11.2. The number of rotatable bonds is 8. The fourth-order valence-corrected chi connectivity index (χ4v) is 5.27. The van der Waals surface area contributed by atoms with Crippen LogP contribution in [0.4, 0.5) is 19.0 Å². The number of pyridine rings is 3. The van der Waals surface area contributed by atoms with Gasteiger partial charge in [0.05, 0.1) is 53.4 Å². The topological polar surface area (TPSA) is 103 Å². The number of nitrogens with zero attached hydrogens (tertiary/aromatic N) is 3. The first kappa shape index (κ1) is 28.0. The lowest BCUT2D eigenvalue weighted by molar-refractivity contribution is -0.137. The Morgan fingerprint density at radius 3 is 2.39 bits per heavy atom. The van der Waals surface area contributed by atoms with Crippen LogP contribution in [0, 0.1) is 0 Å².